The van der Waals surface area contributed by atoms with Crippen LogP contribution in [0.25, 0.3) is 0 Å². The summed E-state index contributed by atoms with van der Waals surface area (Å²) in [4.78, 5) is 14.0. The van der Waals surface area contributed by atoms with Crippen molar-refractivity contribution in [3.05, 3.63) is 65.2 Å². The zero-order valence-electron chi connectivity index (χ0n) is 14.0. The van der Waals surface area contributed by atoms with Crippen molar-refractivity contribution in [2.45, 2.75) is 29.7 Å². The van der Waals surface area contributed by atoms with Gasteiger partial charge in [0.2, 0.25) is 5.91 Å². The number of carbonyl (C=O) groups excluding carboxylic acids is 1. The molecule has 132 valence electrons. The molecule has 2 unspecified atom stereocenters. The molecule has 0 fully saturated rings. The number of halogens is 1. The molecule has 0 saturated carbocycles. The number of carbonyl (C=O) groups is 1. The van der Waals surface area contributed by atoms with Crippen molar-refractivity contribution >= 4 is 30.1 Å². The first-order chi connectivity index (χ1) is 11.8. The lowest BCUT2D eigenvalue weighted by Gasteiger charge is -2.29. The third-order valence-electron chi connectivity index (χ3n) is 4.97. The Bertz CT molecular complexity index is 752. The number of fused-ring (bicyclic) bond motifs is 2. The van der Waals surface area contributed by atoms with Gasteiger partial charge in [-0.3, -0.25) is 4.79 Å². The molecular formula is C20H23ClN2OS. The van der Waals surface area contributed by atoms with E-state index in [1.807, 2.05) is 17.8 Å². The van der Waals surface area contributed by atoms with E-state index in [9.17, 15) is 4.79 Å². The van der Waals surface area contributed by atoms with E-state index in [-0.39, 0.29) is 30.3 Å². The summed E-state index contributed by atoms with van der Waals surface area (Å²) < 4.78 is 0. The molecule has 0 bridgehead atoms. The highest BCUT2D eigenvalue weighted by Gasteiger charge is 2.27. The predicted molar refractivity (Wildman–Crippen MR) is 106 cm³/mol. The molecule has 2 aliphatic heterocycles. The highest BCUT2D eigenvalue weighted by Crippen LogP contribution is 2.37. The van der Waals surface area contributed by atoms with E-state index in [1.54, 1.807) is 0 Å². The van der Waals surface area contributed by atoms with Crippen LogP contribution in [0.5, 0.6) is 0 Å². The normalized spacial score (nSPS) is 21.4. The Hall–Kier alpha value is -1.49. The van der Waals surface area contributed by atoms with E-state index in [4.69, 9.17) is 0 Å². The molecule has 0 aromatic heterocycles. The number of hydrogen-bond acceptors (Lipinski definition) is 3. The first-order valence-corrected chi connectivity index (χ1v) is 9.62. The molecule has 0 spiro atoms. The van der Waals surface area contributed by atoms with Crippen LogP contribution in [-0.2, 0) is 11.2 Å². The van der Waals surface area contributed by atoms with E-state index >= 15 is 0 Å². The molecule has 2 aromatic carbocycles. The predicted octanol–water partition coefficient (Wildman–Crippen LogP) is 3.69. The van der Waals surface area contributed by atoms with E-state index in [1.165, 1.54) is 21.6 Å². The molecule has 0 aliphatic carbocycles. The minimum atomic E-state index is -0.0127. The van der Waals surface area contributed by atoms with Crippen molar-refractivity contribution in [2.75, 3.05) is 18.8 Å². The maximum Gasteiger partial charge on any atom is 0.227 e. The van der Waals surface area contributed by atoms with Gasteiger partial charge in [-0.2, -0.15) is 0 Å². The van der Waals surface area contributed by atoms with Crippen LogP contribution in [-0.4, -0.2) is 24.7 Å². The Morgan fingerprint density at radius 3 is 2.76 bits per heavy atom. The largest absolute Gasteiger partial charge is 0.354 e. The molecule has 5 heteroatoms. The molecule has 4 rings (SSSR count). The molecule has 1 amide bonds. The minimum absolute atomic E-state index is 0. The van der Waals surface area contributed by atoms with Crippen molar-refractivity contribution in [1.29, 1.82) is 0 Å². The highest BCUT2D eigenvalue weighted by molar-refractivity contribution is 7.99. The van der Waals surface area contributed by atoms with Gasteiger partial charge in [0, 0.05) is 17.5 Å². The average molecular weight is 375 g/mol. The second-order valence-electron chi connectivity index (χ2n) is 6.43. The molecule has 2 aromatic rings. The number of nitrogens with one attached hydrogen (secondary N) is 2. The van der Waals surface area contributed by atoms with Gasteiger partial charge in [-0.25, -0.2) is 0 Å². The second-order valence-corrected chi connectivity index (χ2v) is 7.56. The number of amides is 1. The lowest BCUT2D eigenvalue weighted by atomic mass is 9.93. The van der Waals surface area contributed by atoms with Crippen molar-refractivity contribution in [3.8, 4) is 0 Å². The molecule has 2 heterocycles. The monoisotopic (exact) mass is 374 g/mol. The number of thioether (sulfide) groups is 1. The number of benzene rings is 2. The fraction of sp³-hybridized carbons (Fsp3) is 0.350. The maximum atomic E-state index is 12.8. The van der Waals surface area contributed by atoms with Gasteiger partial charge in [-0.05, 0) is 47.9 Å². The Balaban J connectivity index is 0.00000182. The molecule has 0 radical (unpaired) electrons. The van der Waals surface area contributed by atoms with Crippen LogP contribution >= 0.6 is 24.2 Å². The molecule has 2 N–H and O–H groups in total. The average Bonchev–Trinajstić information content (AvgIpc) is 2.65. The molecular weight excluding hydrogens is 352 g/mol. The van der Waals surface area contributed by atoms with Gasteiger partial charge >= 0.3 is 0 Å². The second kappa shape index (κ2) is 8.26. The van der Waals surface area contributed by atoms with Crippen LogP contribution in [0, 0.1) is 0 Å². The van der Waals surface area contributed by atoms with Crippen molar-refractivity contribution in [3.63, 3.8) is 0 Å². The molecule has 25 heavy (non-hydrogen) atoms. The highest BCUT2D eigenvalue weighted by atomic mass is 35.5. The molecule has 3 nitrogen and oxygen atoms in total. The van der Waals surface area contributed by atoms with Gasteiger partial charge in [-0.15, -0.1) is 24.2 Å². The summed E-state index contributed by atoms with van der Waals surface area (Å²) >= 11 is 1.85. The first kappa shape index (κ1) is 18.3. The fourth-order valence-corrected chi connectivity index (χ4v) is 4.84. The number of hydrogen-bond donors (Lipinski definition) is 2. The summed E-state index contributed by atoms with van der Waals surface area (Å²) in [6.45, 7) is 1.63. The van der Waals surface area contributed by atoms with Gasteiger partial charge < -0.3 is 10.6 Å². The van der Waals surface area contributed by atoms with Crippen molar-refractivity contribution in [2.24, 2.45) is 0 Å². The Morgan fingerprint density at radius 1 is 1.12 bits per heavy atom. The van der Waals surface area contributed by atoms with Crippen molar-refractivity contribution in [1.82, 2.24) is 10.6 Å². The summed E-state index contributed by atoms with van der Waals surface area (Å²) in [7, 11) is 0. The van der Waals surface area contributed by atoms with Crippen LogP contribution in [0.1, 0.15) is 35.1 Å². The molecule has 2 aliphatic rings. The van der Waals surface area contributed by atoms with Crippen LogP contribution in [0.3, 0.4) is 0 Å². The Labute approximate surface area is 159 Å². The van der Waals surface area contributed by atoms with E-state index in [0.717, 1.165) is 25.1 Å². The van der Waals surface area contributed by atoms with Gasteiger partial charge in [0.1, 0.15) is 0 Å². The van der Waals surface area contributed by atoms with Gasteiger partial charge in [-0.1, -0.05) is 42.5 Å². The summed E-state index contributed by atoms with van der Waals surface area (Å²) in [6, 6.07) is 17.1. The maximum absolute atomic E-state index is 12.8. The molecule has 0 saturated heterocycles. The summed E-state index contributed by atoms with van der Waals surface area (Å²) in [5.74, 6) is 1.16. The smallest absolute Gasteiger partial charge is 0.227 e. The van der Waals surface area contributed by atoms with Gasteiger partial charge in [0.15, 0.2) is 0 Å². The third kappa shape index (κ3) is 3.86. The van der Waals surface area contributed by atoms with E-state index in [0.29, 0.717) is 6.54 Å². The quantitative estimate of drug-likeness (QED) is 0.860. The number of rotatable bonds is 3. The Morgan fingerprint density at radius 2 is 1.88 bits per heavy atom. The van der Waals surface area contributed by atoms with Crippen LogP contribution in [0.2, 0.25) is 0 Å². The zero-order valence-corrected chi connectivity index (χ0v) is 15.7. The van der Waals surface area contributed by atoms with E-state index < -0.39 is 0 Å². The van der Waals surface area contributed by atoms with Gasteiger partial charge in [0.05, 0.1) is 5.92 Å². The van der Waals surface area contributed by atoms with Crippen molar-refractivity contribution < 1.29 is 4.79 Å². The summed E-state index contributed by atoms with van der Waals surface area (Å²) in [5.41, 5.74) is 3.90. The third-order valence-corrected chi connectivity index (χ3v) is 6.09. The van der Waals surface area contributed by atoms with Crippen LogP contribution < -0.4 is 10.6 Å². The standard InChI is InChI=1S/C20H22N2OS.ClH/c23-20(17-10-12-24-19-8-4-3-7-16(17)19)22-13-18-15-6-2-1-5-14(15)9-11-21-18;/h1-8,17-18,21H,9-13H2,(H,22,23);1H. The summed E-state index contributed by atoms with van der Waals surface area (Å²) in [5, 5.41) is 6.73. The molecule has 2 atom stereocenters. The lowest BCUT2D eigenvalue weighted by Crippen LogP contribution is -2.40. The first-order valence-electron chi connectivity index (χ1n) is 8.63. The van der Waals surface area contributed by atoms with Crippen LogP contribution in [0.15, 0.2) is 53.4 Å². The topological polar surface area (TPSA) is 41.1 Å². The van der Waals surface area contributed by atoms with Crippen LogP contribution in [0.4, 0.5) is 0 Å². The fourth-order valence-electron chi connectivity index (χ4n) is 3.72. The minimum Gasteiger partial charge on any atom is -0.354 e. The van der Waals surface area contributed by atoms with E-state index in [2.05, 4.69) is 53.1 Å². The Kier molecular flexibility index (Phi) is 6.05. The lowest BCUT2D eigenvalue weighted by molar-refractivity contribution is -0.122. The van der Waals surface area contributed by atoms with Gasteiger partial charge in [0.25, 0.3) is 0 Å². The summed E-state index contributed by atoms with van der Waals surface area (Å²) in [6.07, 6.45) is 1.98. The SMILES string of the molecule is Cl.O=C(NCC1NCCc2ccccc21)C1CCSc2ccccc21. The zero-order chi connectivity index (χ0) is 16.4.